The Balaban J connectivity index is 1.67. The highest BCUT2D eigenvalue weighted by Gasteiger charge is 2.26. The van der Waals surface area contributed by atoms with Gasteiger partial charge in [-0.05, 0) is 30.5 Å². The Bertz CT molecular complexity index is 1280. The lowest BCUT2D eigenvalue weighted by Crippen LogP contribution is -2.41. The molecule has 3 aromatic rings. The molecule has 1 saturated heterocycles. The molecular formula is C25H30N6O6. The van der Waals surface area contributed by atoms with Crippen molar-refractivity contribution in [1.29, 1.82) is 0 Å². The van der Waals surface area contributed by atoms with Gasteiger partial charge in [0.15, 0.2) is 5.82 Å². The van der Waals surface area contributed by atoms with Gasteiger partial charge in [0, 0.05) is 44.6 Å². The normalized spacial score (nSPS) is 14.1. The molecule has 0 bridgehead atoms. The van der Waals surface area contributed by atoms with E-state index >= 15 is 0 Å². The molecule has 0 atom stereocenters. The minimum Gasteiger partial charge on any atom is -0.508 e. The van der Waals surface area contributed by atoms with E-state index in [9.17, 15) is 19.8 Å². The molecule has 1 aromatic carbocycles. The van der Waals surface area contributed by atoms with E-state index in [2.05, 4.69) is 20.5 Å². The molecule has 1 aliphatic heterocycles. The molecule has 4 N–H and O–H groups in total. The van der Waals surface area contributed by atoms with E-state index in [1.807, 2.05) is 13.8 Å². The van der Waals surface area contributed by atoms with Crippen LogP contribution >= 0.6 is 0 Å². The van der Waals surface area contributed by atoms with Crippen LogP contribution in [0.15, 0.2) is 30.5 Å². The second kappa shape index (κ2) is 10.7. The molecule has 0 saturated carbocycles. The van der Waals surface area contributed by atoms with Gasteiger partial charge in [-0.1, -0.05) is 13.8 Å². The minimum absolute atomic E-state index is 0.00642. The van der Waals surface area contributed by atoms with Crippen LogP contribution in [0.4, 0.5) is 4.79 Å². The zero-order valence-electron chi connectivity index (χ0n) is 20.9. The number of nitrogens with zero attached hydrogens (tertiary/aromatic N) is 5. The summed E-state index contributed by atoms with van der Waals surface area (Å²) in [6.45, 7) is 6.78. The Kier molecular flexibility index (Phi) is 7.46. The first-order chi connectivity index (χ1) is 17.7. The number of pyridine rings is 1. The molecule has 0 unspecified atom stereocenters. The molecule has 2 amide bonds. The van der Waals surface area contributed by atoms with Gasteiger partial charge in [0.25, 0.3) is 5.91 Å². The quantitative estimate of drug-likeness (QED) is 0.374. The van der Waals surface area contributed by atoms with Crippen LogP contribution in [0.3, 0.4) is 0 Å². The van der Waals surface area contributed by atoms with E-state index in [0.717, 1.165) is 0 Å². The third-order valence-electron chi connectivity index (χ3n) is 6.19. The van der Waals surface area contributed by atoms with Crippen molar-refractivity contribution in [3.8, 4) is 34.5 Å². The van der Waals surface area contributed by atoms with Crippen molar-refractivity contribution in [1.82, 2.24) is 30.0 Å². The zero-order chi connectivity index (χ0) is 26.7. The summed E-state index contributed by atoms with van der Waals surface area (Å²) < 4.78 is 7.43. The Morgan fingerprint density at radius 1 is 1.14 bits per heavy atom. The third kappa shape index (κ3) is 5.42. The summed E-state index contributed by atoms with van der Waals surface area (Å²) in [6, 6.07) is 6.23. The van der Waals surface area contributed by atoms with E-state index in [0.29, 0.717) is 55.2 Å². The van der Waals surface area contributed by atoms with Gasteiger partial charge in [0.05, 0.1) is 17.4 Å². The van der Waals surface area contributed by atoms with E-state index in [1.54, 1.807) is 25.1 Å². The van der Waals surface area contributed by atoms with Crippen molar-refractivity contribution in [2.24, 2.45) is 0 Å². The van der Waals surface area contributed by atoms with Crippen LogP contribution in [0.25, 0.3) is 17.1 Å². The molecule has 0 radical (unpaired) electrons. The second-order valence-electron chi connectivity index (χ2n) is 9.07. The van der Waals surface area contributed by atoms with E-state index < -0.39 is 12.0 Å². The number of piperidine rings is 1. The molecule has 0 spiro atoms. The van der Waals surface area contributed by atoms with Gasteiger partial charge in [-0.25, -0.2) is 9.78 Å². The number of carbonyl (C=O) groups is 2. The maximum atomic E-state index is 12.8. The van der Waals surface area contributed by atoms with Gasteiger partial charge < -0.3 is 30.3 Å². The summed E-state index contributed by atoms with van der Waals surface area (Å²) in [5, 5.41) is 41.0. The van der Waals surface area contributed by atoms with Gasteiger partial charge in [0.1, 0.15) is 17.6 Å². The number of aromatic hydroxyl groups is 2. The van der Waals surface area contributed by atoms with Crippen LogP contribution in [0.1, 0.15) is 55.7 Å². The van der Waals surface area contributed by atoms with Crippen LogP contribution in [0, 0.1) is 0 Å². The standard InChI is InChI=1S/C25H30N6O6/c1-4-26-24(34)23-29-28-22(18-11-17(14(2)3)19(32)12-20(18)33)31(23)15-5-6-21(27-13-15)37-16-7-9-30(10-8-16)25(35)36/h5-6,11-14,16,32-33H,4,7-10H2,1-3H3,(H,26,34)(H,35,36). The maximum absolute atomic E-state index is 12.8. The summed E-state index contributed by atoms with van der Waals surface area (Å²) in [5.41, 5.74) is 1.38. The molecule has 0 aliphatic carbocycles. The number of carbonyl (C=O) groups excluding carboxylic acids is 1. The zero-order valence-corrected chi connectivity index (χ0v) is 20.9. The number of carboxylic acid groups (broad SMARTS) is 1. The number of nitrogens with one attached hydrogen (secondary N) is 1. The van der Waals surface area contributed by atoms with E-state index in [4.69, 9.17) is 9.84 Å². The van der Waals surface area contributed by atoms with Crippen LogP contribution < -0.4 is 10.1 Å². The van der Waals surface area contributed by atoms with Gasteiger partial charge in [-0.2, -0.15) is 0 Å². The van der Waals surface area contributed by atoms with Crippen LogP contribution in [0.2, 0.25) is 0 Å². The number of rotatable bonds is 7. The highest BCUT2D eigenvalue weighted by atomic mass is 16.5. The first kappa shape index (κ1) is 25.7. The number of phenolic OH excluding ortho intramolecular Hbond substituents is 2. The summed E-state index contributed by atoms with van der Waals surface area (Å²) in [5.74, 6) is -0.152. The Labute approximate surface area is 213 Å². The number of phenols is 2. The number of aromatic nitrogens is 4. The van der Waals surface area contributed by atoms with Crippen molar-refractivity contribution in [3.05, 3.63) is 41.9 Å². The molecule has 2 aromatic heterocycles. The van der Waals surface area contributed by atoms with Crippen molar-refractivity contribution in [2.45, 2.75) is 45.6 Å². The first-order valence-electron chi connectivity index (χ1n) is 12.1. The molecule has 3 heterocycles. The average molecular weight is 511 g/mol. The molecule has 4 rings (SSSR count). The fraction of sp³-hybridized carbons (Fsp3) is 0.400. The lowest BCUT2D eigenvalue weighted by atomic mass is 9.98. The van der Waals surface area contributed by atoms with Gasteiger partial charge in [-0.3, -0.25) is 9.36 Å². The van der Waals surface area contributed by atoms with Crippen LogP contribution in [-0.2, 0) is 0 Å². The van der Waals surface area contributed by atoms with E-state index in [1.165, 1.54) is 21.7 Å². The monoisotopic (exact) mass is 510 g/mol. The van der Waals surface area contributed by atoms with Crippen molar-refractivity contribution in [3.63, 3.8) is 0 Å². The lowest BCUT2D eigenvalue weighted by molar-refractivity contribution is 0.0870. The number of ether oxygens (including phenoxy) is 1. The molecule has 196 valence electrons. The van der Waals surface area contributed by atoms with Crippen molar-refractivity contribution < 1.29 is 29.6 Å². The third-order valence-corrected chi connectivity index (χ3v) is 6.19. The molecule has 12 nitrogen and oxygen atoms in total. The number of likely N-dealkylation sites (tertiary alicyclic amines) is 1. The number of hydrogen-bond acceptors (Lipinski definition) is 8. The smallest absolute Gasteiger partial charge is 0.407 e. The van der Waals surface area contributed by atoms with Gasteiger partial charge in [-0.15, -0.1) is 10.2 Å². The molecule has 37 heavy (non-hydrogen) atoms. The fourth-order valence-electron chi connectivity index (χ4n) is 4.24. The van der Waals surface area contributed by atoms with Crippen molar-refractivity contribution >= 4 is 12.0 Å². The highest BCUT2D eigenvalue weighted by molar-refractivity contribution is 5.92. The SMILES string of the molecule is CCNC(=O)c1nnc(-c2cc(C(C)C)c(O)cc2O)n1-c1ccc(OC2CCN(C(=O)O)CC2)nc1. The summed E-state index contributed by atoms with van der Waals surface area (Å²) in [6.07, 6.45) is 1.54. The summed E-state index contributed by atoms with van der Waals surface area (Å²) in [7, 11) is 0. The topological polar surface area (TPSA) is 163 Å². The Morgan fingerprint density at radius 2 is 1.86 bits per heavy atom. The maximum Gasteiger partial charge on any atom is 0.407 e. The van der Waals surface area contributed by atoms with Crippen LogP contribution in [0.5, 0.6) is 17.4 Å². The van der Waals surface area contributed by atoms with Crippen LogP contribution in [-0.4, -0.2) is 77.7 Å². The summed E-state index contributed by atoms with van der Waals surface area (Å²) >= 11 is 0. The van der Waals surface area contributed by atoms with E-state index in [-0.39, 0.29) is 35.2 Å². The number of benzene rings is 1. The predicted molar refractivity (Wildman–Crippen MR) is 133 cm³/mol. The highest BCUT2D eigenvalue weighted by Crippen LogP contribution is 2.38. The Hall–Kier alpha value is -4.35. The lowest BCUT2D eigenvalue weighted by Gasteiger charge is -2.29. The summed E-state index contributed by atoms with van der Waals surface area (Å²) in [4.78, 5) is 29.6. The largest absolute Gasteiger partial charge is 0.508 e. The molecule has 1 fully saturated rings. The van der Waals surface area contributed by atoms with Crippen molar-refractivity contribution in [2.75, 3.05) is 19.6 Å². The first-order valence-corrected chi connectivity index (χ1v) is 12.1. The van der Waals surface area contributed by atoms with Gasteiger partial charge >= 0.3 is 6.09 Å². The predicted octanol–water partition coefficient (Wildman–Crippen LogP) is 3.13. The second-order valence-corrected chi connectivity index (χ2v) is 9.07. The minimum atomic E-state index is -0.936. The molecule has 12 heteroatoms. The molecule has 1 aliphatic rings. The fourth-order valence-corrected chi connectivity index (χ4v) is 4.24. The Morgan fingerprint density at radius 3 is 2.46 bits per heavy atom. The number of hydrogen-bond donors (Lipinski definition) is 4. The van der Waals surface area contributed by atoms with Gasteiger partial charge in [0.2, 0.25) is 11.7 Å². The number of amides is 2. The average Bonchev–Trinajstić information content (AvgIpc) is 3.30. The molecular weight excluding hydrogens is 480 g/mol.